The second kappa shape index (κ2) is 12.1. The van der Waals surface area contributed by atoms with Gasteiger partial charge in [0.15, 0.2) is 5.60 Å². The molecule has 0 spiro atoms. The molecule has 0 saturated heterocycles. The standard InChI is InChI=1S/C31H35N3O5/c1-22-10-12-24(13-11-22)20-34-30(38)33(19-25-7-4-8-26(18-25)21-35)28(32-34)9-5-6-23-14-16-27(17-15-23)39-31(2,3)29(36)37/h4,7-8,10-18,35H,5-6,9,19-21H2,1-3H3,(H,36,37). The molecule has 204 valence electrons. The normalized spacial score (nSPS) is 11.5. The van der Waals surface area contributed by atoms with Crippen LogP contribution in [0.4, 0.5) is 0 Å². The van der Waals surface area contributed by atoms with E-state index in [2.05, 4.69) is 0 Å². The highest BCUT2D eigenvalue weighted by Crippen LogP contribution is 2.20. The molecule has 3 aromatic carbocycles. The second-order valence-electron chi connectivity index (χ2n) is 10.3. The lowest BCUT2D eigenvalue weighted by Gasteiger charge is -2.21. The van der Waals surface area contributed by atoms with Crippen molar-refractivity contribution in [3.8, 4) is 5.75 Å². The third-order valence-corrected chi connectivity index (χ3v) is 6.64. The van der Waals surface area contributed by atoms with Gasteiger partial charge in [-0.25, -0.2) is 14.3 Å². The molecule has 0 radical (unpaired) electrons. The molecule has 2 N–H and O–H groups in total. The van der Waals surface area contributed by atoms with Crippen LogP contribution in [-0.4, -0.2) is 36.1 Å². The number of aliphatic carboxylic acids is 1. The molecule has 1 aromatic heterocycles. The third kappa shape index (κ3) is 7.23. The van der Waals surface area contributed by atoms with Gasteiger partial charge in [-0.05, 0) is 68.0 Å². The Balaban J connectivity index is 1.50. The zero-order chi connectivity index (χ0) is 28.0. The maximum Gasteiger partial charge on any atom is 0.347 e. The van der Waals surface area contributed by atoms with Crippen molar-refractivity contribution in [3.63, 3.8) is 0 Å². The van der Waals surface area contributed by atoms with Crippen LogP contribution in [0.5, 0.6) is 5.75 Å². The molecular formula is C31H35N3O5. The van der Waals surface area contributed by atoms with Crippen LogP contribution in [0.25, 0.3) is 0 Å². The number of nitrogens with zero attached hydrogens (tertiary/aromatic N) is 3. The molecule has 0 amide bonds. The van der Waals surface area contributed by atoms with Gasteiger partial charge < -0.3 is 14.9 Å². The average Bonchev–Trinajstić information content (AvgIpc) is 3.20. The highest BCUT2D eigenvalue weighted by molar-refractivity contribution is 5.76. The van der Waals surface area contributed by atoms with Crippen molar-refractivity contribution in [3.05, 3.63) is 117 Å². The maximum atomic E-state index is 13.4. The van der Waals surface area contributed by atoms with Crippen LogP contribution in [0.2, 0.25) is 0 Å². The number of rotatable bonds is 12. The van der Waals surface area contributed by atoms with Crippen molar-refractivity contribution in [2.24, 2.45) is 0 Å². The molecule has 0 aliphatic heterocycles. The summed E-state index contributed by atoms with van der Waals surface area (Å²) in [5, 5.41) is 23.5. The highest BCUT2D eigenvalue weighted by atomic mass is 16.5. The van der Waals surface area contributed by atoms with E-state index in [0.717, 1.165) is 40.7 Å². The number of carboxylic acids is 1. The van der Waals surface area contributed by atoms with E-state index in [1.54, 1.807) is 16.7 Å². The van der Waals surface area contributed by atoms with E-state index >= 15 is 0 Å². The molecular weight excluding hydrogens is 494 g/mol. The average molecular weight is 530 g/mol. The lowest BCUT2D eigenvalue weighted by Crippen LogP contribution is -2.37. The van der Waals surface area contributed by atoms with Crippen molar-refractivity contribution in [2.75, 3.05) is 0 Å². The minimum Gasteiger partial charge on any atom is -0.478 e. The van der Waals surface area contributed by atoms with Crippen LogP contribution in [0.15, 0.2) is 77.6 Å². The third-order valence-electron chi connectivity index (χ3n) is 6.64. The molecule has 8 nitrogen and oxygen atoms in total. The SMILES string of the molecule is Cc1ccc(Cn2nc(CCCc3ccc(OC(C)(C)C(=O)O)cc3)n(Cc3cccc(CO)c3)c2=O)cc1. The van der Waals surface area contributed by atoms with Gasteiger partial charge >= 0.3 is 11.7 Å². The molecule has 0 atom stereocenters. The summed E-state index contributed by atoms with van der Waals surface area (Å²) in [6.45, 7) is 5.77. The summed E-state index contributed by atoms with van der Waals surface area (Å²) >= 11 is 0. The Labute approximate surface area is 228 Å². The number of aryl methyl sites for hydroxylation is 3. The van der Waals surface area contributed by atoms with Crippen LogP contribution >= 0.6 is 0 Å². The maximum absolute atomic E-state index is 13.4. The van der Waals surface area contributed by atoms with E-state index in [9.17, 15) is 19.8 Å². The van der Waals surface area contributed by atoms with Crippen LogP contribution in [-0.2, 0) is 37.3 Å². The molecule has 0 aliphatic rings. The van der Waals surface area contributed by atoms with Gasteiger partial charge in [-0.15, -0.1) is 0 Å². The van der Waals surface area contributed by atoms with E-state index in [-0.39, 0.29) is 12.3 Å². The zero-order valence-corrected chi connectivity index (χ0v) is 22.6. The number of hydrogen-bond acceptors (Lipinski definition) is 5. The molecule has 39 heavy (non-hydrogen) atoms. The zero-order valence-electron chi connectivity index (χ0n) is 22.6. The van der Waals surface area contributed by atoms with Crippen molar-refractivity contribution in [2.45, 2.75) is 65.3 Å². The number of carboxylic acid groups (broad SMARTS) is 1. The molecule has 1 heterocycles. The van der Waals surface area contributed by atoms with E-state index in [1.807, 2.05) is 67.6 Å². The van der Waals surface area contributed by atoms with Gasteiger partial charge in [0.2, 0.25) is 0 Å². The summed E-state index contributed by atoms with van der Waals surface area (Å²) < 4.78 is 8.82. The number of hydrogen-bond donors (Lipinski definition) is 2. The Morgan fingerprint density at radius 3 is 2.23 bits per heavy atom. The first-order chi connectivity index (χ1) is 18.6. The van der Waals surface area contributed by atoms with Gasteiger partial charge in [0, 0.05) is 6.42 Å². The predicted molar refractivity (Wildman–Crippen MR) is 149 cm³/mol. The van der Waals surface area contributed by atoms with Gasteiger partial charge in [-0.3, -0.25) is 4.57 Å². The van der Waals surface area contributed by atoms with Crippen LogP contribution in [0, 0.1) is 6.92 Å². The monoisotopic (exact) mass is 529 g/mol. The minimum absolute atomic E-state index is 0.0556. The summed E-state index contributed by atoms with van der Waals surface area (Å²) in [4.78, 5) is 24.7. The van der Waals surface area contributed by atoms with Gasteiger partial charge in [0.05, 0.1) is 19.7 Å². The molecule has 4 aromatic rings. The molecule has 0 fully saturated rings. The molecule has 0 saturated carbocycles. The highest BCUT2D eigenvalue weighted by Gasteiger charge is 2.29. The summed E-state index contributed by atoms with van der Waals surface area (Å²) in [6.07, 6.45) is 2.15. The Morgan fingerprint density at radius 1 is 0.897 bits per heavy atom. The first-order valence-electron chi connectivity index (χ1n) is 13.1. The Bertz CT molecular complexity index is 1470. The minimum atomic E-state index is -1.31. The van der Waals surface area contributed by atoms with Crippen LogP contribution in [0.3, 0.4) is 0 Å². The molecule has 0 unspecified atom stereocenters. The first kappa shape index (κ1) is 27.9. The molecule has 4 rings (SSSR count). The second-order valence-corrected chi connectivity index (χ2v) is 10.3. The van der Waals surface area contributed by atoms with Crippen molar-refractivity contribution in [1.82, 2.24) is 14.3 Å². The van der Waals surface area contributed by atoms with Crippen molar-refractivity contribution < 1.29 is 19.7 Å². The fourth-order valence-corrected chi connectivity index (χ4v) is 4.32. The molecule has 0 bridgehead atoms. The fraction of sp³-hybridized carbons (Fsp3) is 0.323. The lowest BCUT2D eigenvalue weighted by molar-refractivity contribution is -0.152. The summed E-state index contributed by atoms with van der Waals surface area (Å²) in [7, 11) is 0. The van der Waals surface area contributed by atoms with Gasteiger partial charge in [-0.1, -0.05) is 66.2 Å². The number of aliphatic hydroxyl groups is 1. The Hall–Kier alpha value is -4.17. The van der Waals surface area contributed by atoms with E-state index in [4.69, 9.17) is 9.84 Å². The van der Waals surface area contributed by atoms with Crippen LogP contribution in [0.1, 0.15) is 53.9 Å². The van der Waals surface area contributed by atoms with Gasteiger partial charge in [-0.2, -0.15) is 5.10 Å². The van der Waals surface area contributed by atoms with Crippen molar-refractivity contribution >= 4 is 5.97 Å². The smallest absolute Gasteiger partial charge is 0.347 e. The van der Waals surface area contributed by atoms with Gasteiger partial charge in [0.1, 0.15) is 11.6 Å². The molecule has 0 aliphatic carbocycles. The Morgan fingerprint density at radius 2 is 1.56 bits per heavy atom. The summed E-state index contributed by atoms with van der Waals surface area (Å²) in [5.41, 5.74) is 3.51. The van der Waals surface area contributed by atoms with E-state index < -0.39 is 11.6 Å². The fourth-order valence-electron chi connectivity index (χ4n) is 4.32. The number of carbonyl (C=O) groups is 1. The first-order valence-corrected chi connectivity index (χ1v) is 13.1. The number of aromatic nitrogens is 3. The van der Waals surface area contributed by atoms with Crippen molar-refractivity contribution in [1.29, 1.82) is 0 Å². The quantitative estimate of drug-likeness (QED) is 0.283. The topological polar surface area (TPSA) is 107 Å². The number of aliphatic hydroxyl groups excluding tert-OH is 1. The van der Waals surface area contributed by atoms with Crippen LogP contribution < -0.4 is 10.4 Å². The Kier molecular flexibility index (Phi) is 8.66. The summed E-state index contributed by atoms with van der Waals surface area (Å²) in [6, 6.07) is 23.1. The van der Waals surface area contributed by atoms with Gasteiger partial charge in [0.25, 0.3) is 0 Å². The number of benzene rings is 3. The largest absolute Gasteiger partial charge is 0.478 e. The molecule has 8 heteroatoms. The predicted octanol–water partition coefficient (Wildman–Crippen LogP) is 4.36. The van der Waals surface area contributed by atoms with E-state index in [1.165, 1.54) is 18.5 Å². The number of ether oxygens (including phenoxy) is 1. The summed E-state index contributed by atoms with van der Waals surface area (Å²) in [5.74, 6) is 0.187. The lowest BCUT2D eigenvalue weighted by atomic mass is 10.1. The van der Waals surface area contributed by atoms with E-state index in [0.29, 0.717) is 31.1 Å².